The van der Waals surface area contributed by atoms with Crippen molar-refractivity contribution in [3.05, 3.63) is 11.3 Å². The number of nitrogens with two attached hydrogens (primary N) is 1. The Kier molecular flexibility index (Phi) is 2.23. The summed E-state index contributed by atoms with van der Waals surface area (Å²) in [6, 6.07) is 0. The molecule has 0 aromatic carbocycles. The summed E-state index contributed by atoms with van der Waals surface area (Å²) in [6.07, 6.45) is 1.63. The highest BCUT2D eigenvalue weighted by molar-refractivity contribution is 5.42. The van der Waals surface area contributed by atoms with Crippen LogP contribution in [0.5, 0.6) is 0 Å². The molecular formula is C10H17N3O. The Morgan fingerprint density at radius 2 is 2.21 bits per heavy atom. The van der Waals surface area contributed by atoms with E-state index in [0.717, 1.165) is 17.7 Å². The average Bonchev–Trinajstić information content (AvgIpc) is 2.59. The van der Waals surface area contributed by atoms with Gasteiger partial charge in [-0.25, -0.2) is 0 Å². The molecule has 1 aliphatic rings. The van der Waals surface area contributed by atoms with E-state index in [0.29, 0.717) is 17.8 Å². The summed E-state index contributed by atoms with van der Waals surface area (Å²) in [7, 11) is 0. The zero-order valence-corrected chi connectivity index (χ0v) is 8.87. The van der Waals surface area contributed by atoms with E-state index < -0.39 is 0 Å². The molecule has 0 aliphatic carbocycles. The fourth-order valence-corrected chi connectivity index (χ4v) is 2.21. The lowest BCUT2D eigenvalue weighted by Crippen LogP contribution is -2.11. The lowest BCUT2D eigenvalue weighted by Gasteiger charge is -2.12. The minimum Gasteiger partial charge on any atom is -0.382 e. The fraction of sp³-hybridized carbons (Fsp3) is 0.700. The molecule has 0 radical (unpaired) electrons. The second kappa shape index (κ2) is 3.28. The maximum atomic E-state index is 5.71. The summed E-state index contributed by atoms with van der Waals surface area (Å²) in [4.78, 5) is 0. The summed E-state index contributed by atoms with van der Waals surface area (Å²) < 4.78 is 5.70. The van der Waals surface area contributed by atoms with Gasteiger partial charge in [0.2, 0.25) is 0 Å². The van der Waals surface area contributed by atoms with Gasteiger partial charge in [0, 0.05) is 17.2 Å². The molecule has 0 amide bonds. The van der Waals surface area contributed by atoms with Gasteiger partial charge in [-0.2, -0.15) is 5.10 Å². The number of H-pyrrole nitrogens is 1. The fourth-order valence-electron chi connectivity index (χ4n) is 2.21. The molecule has 78 valence electrons. The van der Waals surface area contributed by atoms with Crippen LogP contribution in [-0.4, -0.2) is 22.4 Å². The Morgan fingerprint density at radius 1 is 1.50 bits per heavy atom. The highest BCUT2D eigenvalue weighted by Gasteiger charge is 2.33. The van der Waals surface area contributed by atoms with E-state index in [4.69, 9.17) is 10.5 Å². The summed E-state index contributed by atoms with van der Waals surface area (Å²) in [5, 5.41) is 7.03. The van der Waals surface area contributed by atoms with E-state index in [1.165, 1.54) is 0 Å². The van der Waals surface area contributed by atoms with Crippen molar-refractivity contribution in [2.45, 2.75) is 45.3 Å². The normalized spacial score (nSPS) is 32.4. The number of aromatic amines is 1. The zero-order chi connectivity index (χ0) is 10.3. The van der Waals surface area contributed by atoms with Crippen LogP contribution in [0.15, 0.2) is 0 Å². The van der Waals surface area contributed by atoms with E-state index in [2.05, 4.69) is 24.0 Å². The maximum Gasteiger partial charge on any atom is 0.148 e. The molecule has 1 aromatic heterocycles. The molecule has 0 saturated carbocycles. The highest BCUT2D eigenvalue weighted by Crippen LogP contribution is 2.36. The van der Waals surface area contributed by atoms with E-state index in [1.54, 1.807) is 0 Å². The van der Waals surface area contributed by atoms with Crippen LogP contribution >= 0.6 is 0 Å². The van der Waals surface area contributed by atoms with E-state index in [1.807, 2.05) is 6.92 Å². The number of anilines is 1. The first-order chi connectivity index (χ1) is 6.59. The van der Waals surface area contributed by atoms with Gasteiger partial charge < -0.3 is 10.5 Å². The van der Waals surface area contributed by atoms with Crippen LogP contribution in [0.1, 0.15) is 37.4 Å². The Hall–Kier alpha value is -1.03. The lowest BCUT2D eigenvalue weighted by molar-refractivity contribution is 0.0629. The molecule has 1 saturated heterocycles. The number of hydrogen-bond acceptors (Lipinski definition) is 3. The molecule has 4 nitrogen and oxygen atoms in total. The second-order valence-corrected chi connectivity index (χ2v) is 4.14. The quantitative estimate of drug-likeness (QED) is 0.715. The highest BCUT2D eigenvalue weighted by atomic mass is 16.5. The van der Waals surface area contributed by atoms with Crippen LogP contribution in [0.2, 0.25) is 0 Å². The van der Waals surface area contributed by atoms with E-state index in [9.17, 15) is 0 Å². The monoisotopic (exact) mass is 195 g/mol. The van der Waals surface area contributed by atoms with Crippen LogP contribution in [0, 0.1) is 6.92 Å². The summed E-state index contributed by atoms with van der Waals surface area (Å²) in [5.41, 5.74) is 7.91. The molecule has 3 N–H and O–H groups in total. The van der Waals surface area contributed by atoms with E-state index in [-0.39, 0.29) is 6.10 Å². The van der Waals surface area contributed by atoms with Gasteiger partial charge in [-0.3, -0.25) is 5.10 Å². The Morgan fingerprint density at radius 3 is 2.64 bits per heavy atom. The van der Waals surface area contributed by atoms with Crippen molar-refractivity contribution in [3.8, 4) is 0 Å². The molecule has 1 aromatic rings. The molecule has 1 fully saturated rings. The number of ether oxygens (including phenoxy) is 1. The molecule has 1 aliphatic heterocycles. The number of nitrogens with zero attached hydrogens (tertiary/aromatic N) is 1. The summed E-state index contributed by atoms with van der Waals surface area (Å²) in [6.45, 7) is 6.21. The first kappa shape index (κ1) is 9.52. The average molecular weight is 195 g/mol. The minimum absolute atomic E-state index is 0.253. The third-order valence-electron chi connectivity index (χ3n) is 3.06. The zero-order valence-electron chi connectivity index (χ0n) is 8.87. The van der Waals surface area contributed by atoms with Crippen molar-refractivity contribution in [3.63, 3.8) is 0 Å². The van der Waals surface area contributed by atoms with Gasteiger partial charge >= 0.3 is 0 Å². The third-order valence-corrected chi connectivity index (χ3v) is 3.06. The van der Waals surface area contributed by atoms with Gasteiger partial charge in [0.1, 0.15) is 5.82 Å². The van der Waals surface area contributed by atoms with Gasteiger partial charge in [0.05, 0.1) is 12.2 Å². The Balaban J connectivity index is 2.27. The van der Waals surface area contributed by atoms with Gasteiger partial charge in [0.15, 0.2) is 0 Å². The molecule has 3 unspecified atom stereocenters. The topological polar surface area (TPSA) is 63.9 Å². The largest absolute Gasteiger partial charge is 0.382 e. The predicted octanol–water partition coefficient (Wildman–Crippen LogP) is 1.58. The van der Waals surface area contributed by atoms with Crippen LogP contribution in [0.3, 0.4) is 0 Å². The van der Waals surface area contributed by atoms with Crippen molar-refractivity contribution in [1.29, 1.82) is 0 Å². The van der Waals surface area contributed by atoms with Gasteiger partial charge in [-0.1, -0.05) is 0 Å². The molecule has 0 spiro atoms. The van der Waals surface area contributed by atoms with E-state index >= 15 is 0 Å². The molecular weight excluding hydrogens is 178 g/mol. The standard InChI is InChI=1S/C10H17N3O/c1-5-4-8(7(3)14-5)9-6(2)10(11)13-12-9/h5,7-8H,4H2,1-3H3,(H3,11,12,13). The Labute approximate surface area is 83.8 Å². The van der Waals surface area contributed by atoms with Crippen LogP contribution in [-0.2, 0) is 4.74 Å². The molecule has 3 atom stereocenters. The van der Waals surface area contributed by atoms with Crippen molar-refractivity contribution in [2.24, 2.45) is 0 Å². The third kappa shape index (κ3) is 1.39. The number of nitrogens with one attached hydrogen (secondary N) is 1. The first-order valence-corrected chi connectivity index (χ1v) is 5.05. The smallest absolute Gasteiger partial charge is 0.148 e. The molecule has 2 rings (SSSR count). The van der Waals surface area contributed by atoms with Crippen molar-refractivity contribution in [1.82, 2.24) is 10.2 Å². The number of nitrogen functional groups attached to an aromatic ring is 1. The van der Waals surface area contributed by atoms with Gasteiger partial charge in [-0.15, -0.1) is 0 Å². The Bertz CT molecular complexity index is 334. The van der Waals surface area contributed by atoms with Crippen molar-refractivity contribution < 1.29 is 4.74 Å². The minimum atomic E-state index is 0.253. The lowest BCUT2D eigenvalue weighted by atomic mass is 9.94. The van der Waals surface area contributed by atoms with Gasteiger partial charge in [0.25, 0.3) is 0 Å². The maximum absolute atomic E-state index is 5.71. The number of aromatic nitrogens is 2. The number of rotatable bonds is 1. The van der Waals surface area contributed by atoms with Crippen LogP contribution in [0.25, 0.3) is 0 Å². The van der Waals surface area contributed by atoms with Gasteiger partial charge in [-0.05, 0) is 27.2 Å². The molecule has 2 heterocycles. The summed E-state index contributed by atoms with van der Waals surface area (Å²) in [5.74, 6) is 1.02. The number of hydrogen-bond donors (Lipinski definition) is 2. The van der Waals surface area contributed by atoms with Crippen molar-refractivity contribution >= 4 is 5.82 Å². The SMILES string of the molecule is Cc1c(N)n[nH]c1C1CC(C)OC1C. The second-order valence-electron chi connectivity index (χ2n) is 4.14. The molecule has 0 bridgehead atoms. The predicted molar refractivity (Wildman–Crippen MR) is 55.1 cm³/mol. The van der Waals surface area contributed by atoms with Crippen LogP contribution in [0.4, 0.5) is 5.82 Å². The molecule has 14 heavy (non-hydrogen) atoms. The molecule has 4 heteroatoms. The van der Waals surface area contributed by atoms with Crippen LogP contribution < -0.4 is 5.73 Å². The van der Waals surface area contributed by atoms with Crippen molar-refractivity contribution in [2.75, 3.05) is 5.73 Å². The first-order valence-electron chi connectivity index (χ1n) is 5.05. The summed E-state index contributed by atoms with van der Waals surface area (Å²) >= 11 is 0.